The van der Waals surface area contributed by atoms with Gasteiger partial charge >= 0.3 is 0 Å². The van der Waals surface area contributed by atoms with Gasteiger partial charge in [-0.25, -0.2) is 0 Å². The van der Waals surface area contributed by atoms with Gasteiger partial charge in [0, 0.05) is 44.7 Å². The van der Waals surface area contributed by atoms with E-state index in [1.54, 1.807) is 0 Å². The van der Waals surface area contributed by atoms with Crippen molar-refractivity contribution in [3.63, 3.8) is 0 Å². The van der Waals surface area contributed by atoms with Crippen molar-refractivity contribution in [2.45, 2.75) is 38.5 Å². The standard InChI is InChI=1S/C60H48N2/c1-59(2)53-21-11-7-19-49(53)51-35-29-41(37-55(51)59)47-17-9-13-23-57(47)61-43-31-25-39(26-32-43)45-15-5-6-16-46(45)40-27-33-44(34-28-40)62-58-24-14-10-18-48(58)42-30-36-52-50-20-8-12-22-54(50)60(3,4)56(52)38-42/h5-38,61-62H,1-4H3. The average Bonchev–Trinajstić information content (AvgIpc) is 3.69. The fourth-order valence-electron chi connectivity index (χ4n) is 10.2. The van der Waals surface area contributed by atoms with Gasteiger partial charge in [-0.05, 0) is 126 Å². The first-order chi connectivity index (χ1) is 30.2. The first-order valence-electron chi connectivity index (χ1n) is 21.8. The predicted molar refractivity (Wildman–Crippen MR) is 263 cm³/mol. The maximum atomic E-state index is 3.75. The van der Waals surface area contributed by atoms with Gasteiger partial charge < -0.3 is 10.6 Å². The fourth-order valence-corrected chi connectivity index (χ4v) is 10.2. The molecule has 0 amide bonds. The number of anilines is 4. The van der Waals surface area contributed by atoms with E-state index in [1.807, 2.05) is 0 Å². The lowest BCUT2D eigenvalue weighted by molar-refractivity contribution is 0.660. The Kier molecular flexibility index (Phi) is 8.87. The van der Waals surface area contributed by atoms with Crippen LogP contribution in [0.3, 0.4) is 0 Å². The third-order valence-corrected chi connectivity index (χ3v) is 13.5. The molecule has 0 saturated carbocycles. The van der Waals surface area contributed by atoms with Gasteiger partial charge in [0.2, 0.25) is 0 Å². The van der Waals surface area contributed by atoms with E-state index in [2.05, 4.69) is 245 Å². The highest BCUT2D eigenvalue weighted by molar-refractivity contribution is 5.90. The summed E-state index contributed by atoms with van der Waals surface area (Å²) in [4.78, 5) is 0. The predicted octanol–water partition coefficient (Wildman–Crippen LogP) is 16.5. The van der Waals surface area contributed by atoms with Gasteiger partial charge in [0.05, 0.1) is 0 Å². The molecule has 0 atom stereocenters. The molecule has 298 valence electrons. The average molecular weight is 797 g/mol. The van der Waals surface area contributed by atoms with Gasteiger partial charge in [0.25, 0.3) is 0 Å². The Balaban J connectivity index is 0.824. The molecule has 0 unspecified atom stereocenters. The van der Waals surface area contributed by atoms with Gasteiger partial charge in [-0.3, -0.25) is 0 Å². The van der Waals surface area contributed by atoms with Crippen LogP contribution in [0.15, 0.2) is 206 Å². The Morgan fingerprint density at radius 3 is 0.968 bits per heavy atom. The van der Waals surface area contributed by atoms with Crippen molar-refractivity contribution in [1.82, 2.24) is 0 Å². The van der Waals surface area contributed by atoms with E-state index in [4.69, 9.17) is 0 Å². The monoisotopic (exact) mass is 796 g/mol. The highest BCUT2D eigenvalue weighted by Gasteiger charge is 2.36. The van der Waals surface area contributed by atoms with Gasteiger partial charge in [-0.1, -0.05) is 185 Å². The SMILES string of the molecule is CC1(C)c2ccccc2-c2ccc(-c3ccccc3Nc3ccc(-c4ccccc4-c4ccc(Nc5ccccc5-c5ccc6c(c5)C(C)(C)c5ccccc5-6)cc4)cc3)cc21. The number of hydrogen-bond acceptors (Lipinski definition) is 2. The van der Waals surface area contributed by atoms with E-state index in [-0.39, 0.29) is 10.8 Å². The molecule has 9 aromatic rings. The van der Waals surface area contributed by atoms with Gasteiger partial charge in [-0.2, -0.15) is 0 Å². The fraction of sp³-hybridized carbons (Fsp3) is 0.100. The normalized spacial score (nSPS) is 13.7. The molecule has 62 heavy (non-hydrogen) atoms. The summed E-state index contributed by atoms with van der Waals surface area (Å²) in [5.41, 5.74) is 24.7. The zero-order valence-electron chi connectivity index (χ0n) is 35.6. The van der Waals surface area contributed by atoms with Crippen LogP contribution in [0.1, 0.15) is 49.9 Å². The van der Waals surface area contributed by atoms with Crippen LogP contribution in [-0.4, -0.2) is 0 Å². The minimum Gasteiger partial charge on any atom is -0.355 e. The molecular weight excluding hydrogens is 749 g/mol. The third-order valence-electron chi connectivity index (χ3n) is 13.5. The molecule has 2 nitrogen and oxygen atoms in total. The topological polar surface area (TPSA) is 24.1 Å². The number of fused-ring (bicyclic) bond motifs is 6. The summed E-state index contributed by atoms with van der Waals surface area (Å²) in [7, 11) is 0. The Bertz CT molecular complexity index is 2950. The molecule has 0 aromatic heterocycles. The number of rotatable bonds is 8. The summed E-state index contributed by atoms with van der Waals surface area (Å²) >= 11 is 0. The van der Waals surface area contributed by atoms with Crippen molar-refractivity contribution in [3.8, 4) is 66.8 Å². The van der Waals surface area contributed by atoms with Crippen LogP contribution in [0.25, 0.3) is 66.8 Å². The Morgan fingerprint density at radius 2 is 0.565 bits per heavy atom. The second-order valence-corrected chi connectivity index (χ2v) is 17.9. The van der Waals surface area contributed by atoms with E-state index in [0.717, 1.165) is 22.7 Å². The summed E-state index contributed by atoms with van der Waals surface area (Å²) < 4.78 is 0. The van der Waals surface area contributed by atoms with Crippen LogP contribution in [-0.2, 0) is 10.8 Å². The van der Waals surface area contributed by atoms with Gasteiger partial charge in [0.15, 0.2) is 0 Å². The maximum absolute atomic E-state index is 3.75. The van der Waals surface area contributed by atoms with Crippen LogP contribution >= 0.6 is 0 Å². The molecule has 0 heterocycles. The number of hydrogen-bond donors (Lipinski definition) is 2. The van der Waals surface area contributed by atoms with Gasteiger partial charge in [0.1, 0.15) is 0 Å². The van der Waals surface area contributed by atoms with Crippen molar-refractivity contribution in [2.24, 2.45) is 0 Å². The van der Waals surface area contributed by atoms with Crippen LogP contribution in [0.4, 0.5) is 22.7 Å². The van der Waals surface area contributed by atoms with Crippen LogP contribution in [0, 0.1) is 0 Å². The molecule has 2 heteroatoms. The van der Waals surface area contributed by atoms with E-state index in [9.17, 15) is 0 Å². The minimum absolute atomic E-state index is 0.0444. The Morgan fingerprint density at radius 1 is 0.258 bits per heavy atom. The molecule has 0 spiro atoms. The van der Waals surface area contributed by atoms with E-state index >= 15 is 0 Å². The number of benzene rings is 9. The summed E-state index contributed by atoms with van der Waals surface area (Å²) in [6.45, 7) is 9.37. The van der Waals surface area contributed by atoms with Gasteiger partial charge in [-0.15, -0.1) is 0 Å². The quantitative estimate of drug-likeness (QED) is 0.160. The summed E-state index contributed by atoms with van der Waals surface area (Å²) in [6.07, 6.45) is 0. The molecule has 0 fully saturated rings. The van der Waals surface area contributed by atoms with Crippen molar-refractivity contribution in [1.29, 1.82) is 0 Å². The smallest absolute Gasteiger partial charge is 0.0463 e. The maximum Gasteiger partial charge on any atom is 0.0463 e. The second kappa shape index (κ2) is 14.6. The molecule has 2 aliphatic rings. The van der Waals surface area contributed by atoms with E-state index < -0.39 is 0 Å². The molecule has 0 bridgehead atoms. The lowest BCUT2D eigenvalue weighted by Gasteiger charge is -2.22. The third kappa shape index (κ3) is 6.25. The van der Waals surface area contributed by atoms with Crippen molar-refractivity contribution in [3.05, 3.63) is 229 Å². The van der Waals surface area contributed by atoms with Crippen LogP contribution in [0.5, 0.6) is 0 Å². The van der Waals surface area contributed by atoms with E-state index in [1.165, 1.54) is 89.0 Å². The van der Waals surface area contributed by atoms with Crippen LogP contribution in [0.2, 0.25) is 0 Å². The lowest BCUT2D eigenvalue weighted by atomic mass is 9.81. The molecule has 2 aliphatic carbocycles. The summed E-state index contributed by atoms with van der Waals surface area (Å²) in [5.74, 6) is 0. The lowest BCUT2D eigenvalue weighted by Crippen LogP contribution is -2.14. The largest absolute Gasteiger partial charge is 0.355 e. The highest BCUT2D eigenvalue weighted by atomic mass is 14.9. The zero-order chi connectivity index (χ0) is 42.0. The highest BCUT2D eigenvalue weighted by Crippen LogP contribution is 2.51. The summed E-state index contributed by atoms with van der Waals surface area (Å²) in [5, 5.41) is 7.51. The molecule has 0 radical (unpaired) electrons. The summed E-state index contributed by atoms with van der Waals surface area (Å²) in [6, 6.07) is 75.2. The number of nitrogens with one attached hydrogen (secondary N) is 2. The second-order valence-electron chi connectivity index (χ2n) is 17.9. The molecule has 0 aliphatic heterocycles. The Hall–Kier alpha value is -7.42. The van der Waals surface area contributed by atoms with Crippen molar-refractivity contribution in [2.75, 3.05) is 10.6 Å². The molecular formula is C60H48N2. The molecule has 2 N–H and O–H groups in total. The van der Waals surface area contributed by atoms with Crippen molar-refractivity contribution >= 4 is 22.7 Å². The van der Waals surface area contributed by atoms with Crippen molar-refractivity contribution < 1.29 is 0 Å². The minimum atomic E-state index is -0.0444. The number of para-hydroxylation sites is 2. The first kappa shape index (κ1) is 37.6. The molecule has 0 saturated heterocycles. The van der Waals surface area contributed by atoms with E-state index in [0.29, 0.717) is 0 Å². The molecule has 11 rings (SSSR count). The van der Waals surface area contributed by atoms with Crippen LogP contribution < -0.4 is 10.6 Å². The zero-order valence-corrected chi connectivity index (χ0v) is 35.6. The Labute approximate surface area is 365 Å². The molecule has 9 aromatic carbocycles. The first-order valence-corrected chi connectivity index (χ1v) is 21.8.